The van der Waals surface area contributed by atoms with Gasteiger partial charge in [-0.2, -0.15) is 5.26 Å². The molecule has 0 bridgehead atoms. The summed E-state index contributed by atoms with van der Waals surface area (Å²) in [7, 11) is 0. The number of anilines is 1. The molecule has 0 radical (unpaired) electrons. The van der Waals surface area contributed by atoms with Crippen molar-refractivity contribution < 1.29 is 9.69 Å². The van der Waals surface area contributed by atoms with E-state index in [2.05, 4.69) is 11.4 Å². The molecular weight excluding hydrogens is 318 g/mol. The van der Waals surface area contributed by atoms with Crippen LogP contribution in [0.3, 0.4) is 0 Å². The number of quaternary nitrogens is 1. The van der Waals surface area contributed by atoms with Crippen LogP contribution in [0.5, 0.6) is 0 Å². The molecule has 128 valence electrons. The van der Waals surface area contributed by atoms with Gasteiger partial charge in [0.15, 0.2) is 6.54 Å². The fourth-order valence-corrected chi connectivity index (χ4v) is 4.85. The first-order valence-electron chi connectivity index (χ1n) is 8.98. The van der Waals surface area contributed by atoms with E-state index in [1.54, 1.807) is 0 Å². The maximum Gasteiger partial charge on any atom is 0.279 e. The fourth-order valence-electron chi connectivity index (χ4n) is 4.18. The largest absolute Gasteiger partial charge is 0.327 e. The van der Waals surface area contributed by atoms with Crippen LogP contribution in [0.1, 0.15) is 32.1 Å². The summed E-state index contributed by atoms with van der Waals surface area (Å²) < 4.78 is 0. The van der Waals surface area contributed by atoms with E-state index in [-0.39, 0.29) is 5.91 Å². The zero-order valence-electron chi connectivity index (χ0n) is 14.1. The van der Waals surface area contributed by atoms with Gasteiger partial charge >= 0.3 is 0 Å². The van der Waals surface area contributed by atoms with Crippen molar-refractivity contribution in [3.63, 3.8) is 0 Å². The van der Waals surface area contributed by atoms with E-state index in [1.807, 2.05) is 24.3 Å². The number of nitrogens with one attached hydrogen (secondary N) is 2. The van der Waals surface area contributed by atoms with Gasteiger partial charge in [-0.3, -0.25) is 4.79 Å². The van der Waals surface area contributed by atoms with Crippen LogP contribution in [0, 0.1) is 23.2 Å². The van der Waals surface area contributed by atoms with Gasteiger partial charge in [-0.15, -0.1) is 11.8 Å². The summed E-state index contributed by atoms with van der Waals surface area (Å²) in [6, 6.07) is 9.87. The lowest BCUT2D eigenvalue weighted by atomic mass is 9.75. The van der Waals surface area contributed by atoms with Crippen molar-refractivity contribution in [1.82, 2.24) is 0 Å². The molecule has 1 aromatic carbocycles. The van der Waals surface area contributed by atoms with Crippen LogP contribution in [0.4, 0.5) is 5.69 Å². The van der Waals surface area contributed by atoms with Crippen molar-refractivity contribution in [1.29, 1.82) is 5.26 Å². The number of para-hydroxylation sites is 1. The molecule has 1 aliphatic carbocycles. The predicted octanol–water partition coefficient (Wildman–Crippen LogP) is 2.34. The zero-order chi connectivity index (χ0) is 16.8. The van der Waals surface area contributed by atoms with E-state index in [1.165, 1.54) is 48.8 Å². The van der Waals surface area contributed by atoms with Crippen LogP contribution in [0.15, 0.2) is 29.2 Å². The Bertz CT molecular complexity index is 613. The molecule has 0 spiro atoms. The van der Waals surface area contributed by atoms with Gasteiger partial charge in [0.25, 0.3) is 5.91 Å². The van der Waals surface area contributed by atoms with Gasteiger partial charge in [0, 0.05) is 10.8 Å². The Kier molecular flexibility index (Phi) is 6.17. The average Bonchev–Trinajstić information content (AvgIpc) is 2.61. The molecule has 1 saturated carbocycles. The molecule has 1 amide bonds. The molecule has 2 aliphatic rings. The maximum atomic E-state index is 12.5. The lowest BCUT2D eigenvalue weighted by Gasteiger charge is -2.38. The quantitative estimate of drug-likeness (QED) is 0.806. The summed E-state index contributed by atoms with van der Waals surface area (Å²) in [5.41, 5.74) is 0.828. The minimum absolute atomic E-state index is 0.0873. The number of benzene rings is 1. The highest BCUT2D eigenvalue weighted by molar-refractivity contribution is 7.99. The third kappa shape index (κ3) is 4.52. The number of nitriles is 1. The molecule has 1 unspecified atom stereocenters. The van der Waals surface area contributed by atoms with Gasteiger partial charge in [0.05, 0.1) is 30.6 Å². The van der Waals surface area contributed by atoms with Crippen molar-refractivity contribution >= 4 is 23.4 Å². The molecule has 2 N–H and O–H groups in total. The number of amides is 1. The highest BCUT2D eigenvalue weighted by Crippen LogP contribution is 2.32. The van der Waals surface area contributed by atoms with E-state index in [0.29, 0.717) is 12.3 Å². The van der Waals surface area contributed by atoms with E-state index in [0.717, 1.165) is 35.5 Å². The molecule has 5 heteroatoms. The van der Waals surface area contributed by atoms with E-state index in [4.69, 9.17) is 5.26 Å². The number of carbonyl (C=O) groups excluding carboxylic acids is 1. The second kappa shape index (κ2) is 8.55. The summed E-state index contributed by atoms with van der Waals surface area (Å²) >= 11 is 1.47. The van der Waals surface area contributed by atoms with Gasteiger partial charge < -0.3 is 10.2 Å². The van der Waals surface area contributed by atoms with Gasteiger partial charge in [0.1, 0.15) is 0 Å². The molecular formula is C19H26N3OS+. The molecule has 0 aromatic heterocycles. The molecule has 1 saturated heterocycles. The number of thioether (sulfide) groups is 1. The summed E-state index contributed by atoms with van der Waals surface area (Å²) in [6.07, 6.45) is 6.79. The van der Waals surface area contributed by atoms with E-state index >= 15 is 0 Å². The number of rotatable bonds is 5. The van der Waals surface area contributed by atoms with E-state index < -0.39 is 0 Å². The highest BCUT2D eigenvalue weighted by Gasteiger charge is 2.34. The molecule has 1 aliphatic heterocycles. The first kappa shape index (κ1) is 17.3. The molecule has 3 rings (SSSR count). The molecule has 1 aromatic rings. The molecule has 3 atom stereocenters. The van der Waals surface area contributed by atoms with Crippen molar-refractivity contribution in [2.45, 2.75) is 37.0 Å². The summed E-state index contributed by atoms with van der Waals surface area (Å²) in [5, 5.41) is 11.8. The number of hydrogen-bond acceptors (Lipinski definition) is 3. The van der Waals surface area contributed by atoms with Crippen LogP contribution in [0.2, 0.25) is 0 Å². The number of fused-ring (bicyclic) bond motifs is 1. The Morgan fingerprint density at radius 2 is 2.04 bits per heavy atom. The fraction of sp³-hybridized carbons (Fsp3) is 0.579. The lowest BCUT2D eigenvalue weighted by molar-refractivity contribution is -0.902. The Labute approximate surface area is 148 Å². The van der Waals surface area contributed by atoms with E-state index in [9.17, 15) is 4.79 Å². The summed E-state index contributed by atoms with van der Waals surface area (Å²) in [4.78, 5) is 14.9. The van der Waals surface area contributed by atoms with Crippen LogP contribution < -0.4 is 10.2 Å². The lowest BCUT2D eigenvalue weighted by Crippen LogP contribution is -3.15. The van der Waals surface area contributed by atoms with Crippen molar-refractivity contribution in [3.05, 3.63) is 24.3 Å². The van der Waals surface area contributed by atoms with Crippen LogP contribution in [-0.4, -0.2) is 31.3 Å². The molecule has 1 heterocycles. The van der Waals surface area contributed by atoms with Gasteiger partial charge in [0.2, 0.25) is 0 Å². The Balaban J connectivity index is 1.53. The van der Waals surface area contributed by atoms with Gasteiger partial charge in [-0.1, -0.05) is 25.0 Å². The standard InChI is InChI=1S/C19H25N3OS/c20-10-12-24-18-8-4-3-7-17(18)21-19(23)14-22-11-9-15-5-1-2-6-16(15)13-22/h3-4,7-8,15-16H,1-2,5-6,9,11-14H2,(H,21,23)/p+1/t15-,16+/m0/s1. The first-order valence-corrected chi connectivity index (χ1v) is 9.97. The number of hydrogen-bond donors (Lipinski definition) is 2. The third-order valence-corrected chi connectivity index (χ3v) is 6.29. The Morgan fingerprint density at radius 1 is 1.25 bits per heavy atom. The second-order valence-corrected chi connectivity index (χ2v) is 7.98. The topological polar surface area (TPSA) is 57.3 Å². The number of likely N-dealkylation sites (tertiary alicyclic amines) is 1. The molecule has 2 fully saturated rings. The normalized spacial score (nSPS) is 26.2. The number of nitrogens with zero attached hydrogens (tertiary/aromatic N) is 1. The number of piperidine rings is 1. The second-order valence-electron chi connectivity index (χ2n) is 6.97. The monoisotopic (exact) mass is 344 g/mol. The Morgan fingerprint density at radius 3 is 2.88 bits per heavy atom. The highest BCUT2D eigenvalue weighted by atomic mass is 32.2. The van der Waals surface area contributed by atoms with Crippen LogP contribution in [-0.2, 0) is 4.79 Å². The predicted molar refractivity (Wildman–Crippen MR) is 97.0 cm³/mol. The van der Waals surface area contributed by atoms with Crippen LogP contribution >= 0.6 is 11.8 Å². The SMILES string of the molecule is N#CCSc1ccccc1NC(=O)C[NH+]1CC[C@@H]2CCCC[C@@H]2C1. The smallest absolute Gasteiger partial charge is 0.279 e. The van der Waals surface area contributed by atoms with Crippen LogP contribution in [0.25, 0.3) is 0 Å². The molecule has 24 heavy (non-hydrogen) atoms. The van der Waals surface area contributed by atoms with Crippen molar-refractivity contribution in [3.8, 4) is 6.07 Å². The van der Waals surface area contributed by atoms with Crippen molar-refractivity contribution in [2.75, 3.05) is 30.7 Å². The van der Waals surface area contributed by atoms with Gasteiger partial charge in [-0.05, 0) is 37.3 Å². The first-order chi connectivity index (χ1) is 11.8. The summed E-state index contributed by atoms with van der Waals surface area (Å²) in [6.45, 7) is 2.84. The third-order valence-electron chi connectivity index (χ3n) is 5.35. The summed E-state index contributed by atoms with van der Waals surface area (Å²) in [5.74, 6) is 2.22. The average molecular weight is 345 g/mol. The maximum absolute atomic E-state index is 12.5. The van der Waals surface area contributed by atoms with Crippen molar-refractivity contribution in [2.24, 2.45) is 11.8 Å². The Hall–Kier alpha value is -1.51. The van der Waals surface area contributed by atoms with Gasteiger partial charge in [-0.25, -0.2) is 0 Å². The number of carbonyl (C=O) groups is 1. The minimum atomic E-state index is 0.0873. The zero-order valence-corrected chi connectivity index (χ0v) is 14.9. The minimum Gasteiger partial charge on any atom is -0.327 e. The molecule has 4 nitrogen and oxygen atoms in total.